The number of para-hydroxylation sites is 1. The van der Waals surface area contributed by atoms with Crippen LogP contribution in [0.5, 0.6) is 0 Å². The molecule has 0 saturated heterocycles. The van der Waals surface area contributed by atoms with Crippen molar-refractivity contribution in [2.24, 2.45) is 5.92 Å². The number of benzene rings is 2. The predicted octanol–water partition coefficient (Wildman–Crippen LogP) is 5.68. The topological polar surface area (TPSA) is 75.7 Å². The van der Waals surface area contributed by atoms with Crippen molar-refractivity contribution in [1.29, 1.82) is 5.41 Å². The van der Waals surface area contributed by atoms with Crippen LogP contribution in [0.3, 0.4) is 0 Å². The summed E-state index contributed by atoms with van der Waals surface area (Å²) >= 11 is 6.32. The lowest BCUT2D eigenvalue weighted by Crippen LogP contribution is -2.17. The molecule has 0 radical (unpaired) electrons. The average molecular weight is 410 g/mol. The van der Waals surface area contributed by atoms with Gasteiger partial charge in [0.05, 0.1) is 11.2 Å². The van der Waals surface area contributed by atoms with E-state index < -0.39 is 0 Å². The summed E-state index contributed by atoms with van der Waals surface area (Å²) in [6.07, 6.45) is 5.20. The molecule has 0 saturated carbocycles. The summed E-state index contributed by atoms with van der Waals surface area (Å²) < 4.78 is 0. The summed E-state index contributed by atoms with van der Waals surface area (Å²) in [4.78, 5) is 3.56. The van der Waals surface area contributed by atoms with Crippen LogP contribution in [0.4, 0.5) is 11.4 Å². The van der Waals surface area contributed by atoms with E-state index in [9.17, 15) is 0 Å². The van der Waals surface area contributed by atoms with Gasteiger partial charge in [0.1, 0.15) is 0 Å². The number of H-pyrrole nitrogens is 1. The van der Waals surface area contributed by atoms with Gasteiger partial charge >= 0.3 is 0 Å². The Labute approximate surface area is 176 Å². The van der Waals surface area contributed by atoms with Crippen molar-refractivity contribution in [3.05, 3.63) is 59.3 Å². The van der Waals surface area contributed by atoms with Crippen molar-refractivity contribution in [1.82, 2.24) is 10.3 Å². The van der Waals surface area contributed by atoms with Gasteiger partial charge in [0, 0.05) is 45.8 Å². The lowest BCUT2D eigenvalue weighted by Gasteiger charge is -2.17. The van der Waals surface area contributed by atoms with Crippen LogP contribution < -0.4 is 16.0 Å². The van der Waals surface area contributed by atoms with E-state index in [1.54, 1.807) is 0 Å². The molecule has 2 aromatic carbocycles. The number of rotatable bonds is 6. The first-order chi connectivity index (χ1) is 14.2. The Balaban J connectivity index is 0.00000117. The maximum atomic E-state index is 6.32. The molecular weight excluding hydrogens is 382 g/mol. The molecule has 29 heavy (non-hydrogen) atoms. The average Bonchev–Trinajstić information content (AvgIpc) is 3.11. The standard InChI is InChI=1S/C22H25ClN4.CH3N/c1-14-6-7-16(13-19(14)23)26-15-8-9-20-18(12-15)17-4-3-5-21(22(17)27-20)25-11-10-24-2;1-2/h3-5,7-9,12-14,24-27H,6,10-11H2,1-2H3;2H,1H2. The van der Waals surface area contributed by atoms with Crippen molar-refractivity contribution in [2.45, 2.75) is 13.3 Å². The maximum Gasteiger partial charge on any atom is 0.0700 e. The first-order valence-corrected chi connectivity index (χ1v) is 10.2. The lowest BCUT2D eigenvalue weighted by molar-refractivity contribution is 0.716. The normalized spacial score (nSPS) is 16.0. The Morgan fingerprint density at radius 2 is 2.00 bits per heavy atom. The number of fused-ring (bicyclic) bond motifs is 3. The molecule has 0 bridgehead atoms. The van der Waals surface area contributed by atoms with Gasteiger partial charge in [-0.25, -0.2) is 0 Å². The molecule has 5 N–H and O–H groups in total. The van der Waals surface area contributed by atoms with Gasteiger partial charge in [0.2, 0.25) is 0 Å². The Kier molecular flexibility index (Phi) is 6.96. The van der Waals surface area contributed by atoms with E-state index in [1.165, 1.54) is 10.8 Å². The molecule has 1 unspecified atom stereocenters. The highest BCUT2D eigenvalue weighted by molar-refractivity contribution is 6.30. The highest BCUT2D eigenvalue weighted by atomic mass is 35.5. The molecule has 1 aliphatic rings. The minimum atomic E-state index is 0.405. The molecule has 1 aliphatic carbocycles. The van der Waals surface area contributed by atoms with Gasteiger partial charge in [-0.05, 0) is 56.4 Å². The summed E-state index contributed by atoms with van der Waals surface area (Å²) in [5.41, 5.74) is 5.55. The Hall–Kier alpha value is -2.76. The van der Waals surface area contributed by atoms with Crippen molar-refractivity contribution >= 4 is 51.5 Å². The number of allylic oxidation sites excluding steroid dienone is 3. The van der Waals surface area contributed by atoms with Gasteiger partial charge in [0.25, 0.3) is 0 Å². The van der Waals surface area contributed by atoms with Gasteiger partial charge in [-0.1, -0.05) is 36.7 Å². The number of nitrogens with one attached hydrogen (secondary N) is 5. The van der Waals surface area contributed by atoms with E-state index in [0.29, 0.717) is 5.92 Å². The zero-order valence-electron chi connectivity index (χ0n) is 16.9. The van der Waals surface area contributed by atoms with Gasteiger partial charge in [-0.15, -0.1) is 0 Å². The second kappa shape index (κ2) is 9.63. The van der Waals surface area contributed by atoms with Crippen LogP contribution >= 0.6 is 11.6 Å². The fourth-order valence-corrected chi connectivity index (χ4v) is 3.70. The van der Waals surface area contributed by atoms with E-state index in [0.717, 1.165) is 52.6 Å². The van der Waals surface area contributed by atoms with Crippen LogP contribution in [0.1, 0.15) is 13.3 Å². The Morgan fingerprint density at radius 3 is 2.76 bits per heavy atom. The first kappa shape index (κ1) is 21.0. The first-order valence-electron chi connectivity index (χ1n) is 9.78. The Bertz CT molecular complexity index is 1050. The quantitative estimate of drug-likeness (QED) is 0.268. The van der Waals surface area contributed by atoms with Gasteiger partial charge in [-0.3, -0.25) is 0 Å². The number of hydrogen-bond donors (Lipinski definition) is 5. The van der Waals surface area contributed by atoms with Crippen LogP contribution in [0, 0.1) is 11.3 Å². The highest BCUT2D eigenvalue weighted by Gasteiger charge is 2.12. The lowest BCUT2D eigenvalue weighted by atomic mass is 10.0. The van der Waals surface area contributed by atoms with Crippen LogP contribution in [0.2, 0.25) is 0 Å². The molecule has 0 amide bonds. The van der Waals surface area contributed by atoms with E-state index in [1.807, 2.05) is 13.1 Å². The fraction of sp³-hybridized carbons (Fsp3) is 0.261. The molecule has 152 valence electrons. The predicted molar refractivity (Wildman–Crippen MR) is 127 cm³/mol. The summed E-state index contributed by atoms with van der Waals surface area (Å²) in [5.74, 6) is 0.405. The number of halogens is 1. The molecule has 0 aliphatic heterocycles. The highest BCUT2D eigenvalue weighted by Crippen LogP contribution is 2.33. The number of aromatic nitrogens is 1. The second-order valence-corrected chi connectivity index (χ2v) is 7.53. The van der Waals surface area contributed by atoms with Crippen molar-refractivity contribution < 1.29 is 0 Å². The van der Waals surface area contributed by atoms with Gasteiger partial charge in [-0.2, -0.15) is 0 Å². The number of likely N-dealkylation sites (N-methyl/N-ethyl adjacent to an activating group) is 1. The monoisotopic (exact) mass is 409 g/mol. The summed E-state index contributed by atoms with van der Waals surface area (Å²) in [5, 5.41) is 19.0. The number of aromatic amines is 1. The molecule has 0 fully saturated rings. The molecule has 0 spiro atoms. The Morgan fingerprint density at radius 1 is 1.17 bits per heavy atom. The smallest absolute Gasteiger partial charge is 0.0700 e. The van der Waals surface area contributed by atoms with E-state index >= 15 is 0 Å². The van der Waals surface area contributed by atoms with E-state index in [2.05, 4.69) is 77.0 Å². The molecule has 3 aromatic rings. The van der Waals surface area contributed by atoms with Crippen LogP contribution in [0.15, 0.2) is 59.3 Å². The third kappa shape index (κ3) is 4.63. The maximum absolute atomic E-state index is 6.32. The third-order valence-electron chi connectivity index (χ3n) is 5.07. The molecule has 1 atom stereocenters. The van der Waals surface area contributed by atoms with E-state index in [-0.39, 0.29) is 0 Å². The zero-order valence-corrected chi connectivity index (χ0v) is 17.7. The summed E-state index contributed by atoms with van der Waals surface area (Å²) in [6, 6.07) is 12.8. The molecule has 1 aromatic heterocycles. The molecular formula is C23H28ClN5. The SMILES string of the molecule is C=N.CNCCNc1cccc2c1[nH]c1ccc(NC3=CCC(C)C(Cl)=C3)cc12. The van der Waals surface area contributed by atoms with Gasteiger partial charge in [0.15, 0.2) is 0 Å². The molecule has 5 nitrogen and oxygen atoms in total. The van der Waals surface area contributed by atoms with Crippen LogP contribution in [-0.4, -0.2) is 31.8 Å². The fourth-order valence-electron chi connectivity index (χ4n) is 3.49. The molecule has 4 rings (SSSR count). The summed E-state index contributed by atoms with van der Waals surface area (Å²) in [6.45, 7) is 6.46. The minimum absolute atomic E-state index is 0.405. The minimum Gasteiger partial charge on any atom is -0.382 e. The van der Waals surface area contributed by atoms with E-state index in [4.69, 9.17) is 17.0 Å². The molecule has 6 heteroatoms. The van der Waals surface area contributed by atoms with Crippen molar-refractivity contribution in [2.75, 3.05) is 30.8 Å². The number of hydrogen-bond acceptors (Lipinski definition) is 4. The zero-order chi connectivity index (χ0) is 20.8. The van der Waals surface area contributed by atoms with Crippen molar-refractivity contribution in [3.8, 4) is 0 Å². The van der Waals surface area contributed by atoms with Crippen LogP contribution in [-0.2, 0) is 0 Å². The summed E-state index contributed by atoms with van der Waals surface area (Å²) in [7, 11) is 1.96. The second-order valence-electron chi connectivity index (χ2n) is 7.09. The largest absolute Gasteiger partial charge is 0.382 e. The molecule has 1 heterocycles. The number of anilines is 2. The third-order valence-corrected chi connectivity index (χ3v) is 5.55. The van der Waals surface area contributed by atoms with Gasteiger partial charge < -0.3 is 26.3 Å². The van der Waals surface area contributed by atoms with Crippen molar-refractivity contribution in [3.63, 3.8) is 0 Å². The van der Waals surface area contributed by atoms with Crippen LogP contribution in [0.25, 0.3) is 21.8 Å².